The molecule has 1 aromatic carbocycles. The second-order valence-corrected chi connectivity index (χ2v) is 7.02. The van der Waals surface area contributed by atoms with Crippen molar-refractivity contribution in [1.29, 1.82) is 0 Å². The van der Waals surface area contributed by atoms with Gasteiger partial charge in [-0.2, -0.15) is 0 Å². The van der Waals surface area contributed by atoms with Gasteiger partial charge in [0.05, 0.1) is 6.04 Å². The van der Waals surface area contributed by atoms with Crippen LogP contribution in [0.2, 0.25) is 0 Å². The molecule has 1 aliphatic heterocycles. The van der Waals surface area contributed by atoms with Crippen LogP contribution in [0, 0.1) is 0 Å². The summed E-state index contributed by atoms with van der Waals surface area (Å²) in [7, 11) is 0. The number of rotatable bonds is 3. The summed E-state index contributed by atoms with van der Waals surface area (Å²) in [5.74, 6) is 0. The lowest BCUT2D eigenvalue weighted by Gasteiger charge is -2.30. The van der Waals surface area contributed by atoms with Crippen LogP contribution in [0.3, 0.4) is 0 Å². The minimum Gasteiger partial charge on any atom is -0.315 e. The molecule has 0 amide bonds. The molecule has 1 aliphatic rings. The van der Waals surface area contributed by atoms with Crippen molar-refractivity contribution in [2.24, 2.45) is 0 Å². The normalized spacial score (nSPS) is 17.9. The number of thiophene rings is 1. The highest BCUT2D eigenvalue weighted by molar-refractivity contribution is 7.10. The number of aromatic nitrogens is 1. The number of pyridine rings is 1. The van der Waals surface area contributed by atoms with E-state index in [1.165, 1.54) is 27.6 Å². The van der Waals surface area contributed by atoms with Crippen LogP contribution in [0.15, 0.2) is 54.2 Å². The second kappa shape index (κ2) is 6.79. The van der Waals surface area contributed by atoms with Crippen molar-refractivity contribution < 1.29 is 0 Å². The third-order valence-corrected chi connectivity index (χ3v) is 5.46. The highest BCUT2D eigenvalue weighted by Gasteiger charge is 2.24. The van der Waals surface area contributed by atoms with E-state index in [9.17, 15) is 0 Å². The molecule has 3 heterocycles. The number of nitrogens with one attached hydrogen (secondary N) is 1. The quantitative estimate of drug-likeness (QED) is 0.797. The first-order valence-electron chi connectivity index (χ1n) is 8.24. The first kappa shape index (κ1) is 14.8. The molecule has 0 spiro atoms. The first-order valence-corrected chi connectivity index (χ1v) is 9.12. The Labute approximate surface area is 141 Å². The molecule has 0 radical (unpaired) electrons. The van der Waals surface area contributed by atoms with Crippen LogP contribution in [-0.4, -0.2) is 36.1 Å². The van der Waals surface area contributed by atoms with Gasteiger partial charge in [-0.1, -0.05) is 18.2 Å². The Morgan fingerprint density at radius 1 is 1.09 bits per heavy atom. The summed E-state index contributed by atoms with van der Waals surface area (Å²) in [6, 6.07) is 13.7. The smallest absolute Gasteiger partial charge is 0.0696 e. The van der Waals surface area contributed by atoms with Crippen molar-refractivity contribution >= 4 is 22.1 Å². The largest absolute Gasteiger partial charge is 0.315 e. The molecule has 0 bridgehead atoms. The molecule has 0 saturated carbocycles. The van der Waals surface area contributed by atoms with Crippen molar-refractivity contribution in [2.75, 3.05) is 26.2 Å². The van der Waals surface area contributed by atoms with E-state index in [1.54, 1.807) is 0 Å². The lowest BCUT2D eigenvalue weighted by atomic mass is 10.00. The number of hydrogen-bond acceptors (Lipinski definition) is 4. The van der Waals surface area contributed by atoms with Crippen LogP contribution in [0.4, 0.5) is 0 Å². The van der Waals surface area contributed by atoms with E-state index < -0.39 is 0 Å². The molecule has 3 nitrogen and oxygen atoms in total. The lowest BCUT2D eigenvalue weighted by molar-refractivity contribution is 0.244. The van der Waals surface area contributed by atoms with E-state index in [4.69, 9.17) is 0 Å². The first-order chi connectivity index (χ1) is 11.4. The van der Waals surface area contributed by atoms with Crippen molar-refractivity contribution in [3.05, 3.63) is 64.6 Å². The molecule has 2 aromatic heterocycles. The van der Waals surface area contributed by atoms with E-state index in [-0.39, 0.29) is 0 Å². The van der Waals surface area contributed by atoms with Gasteiger partial charge >= 0.3 is 0 Å². The summed E-state index contributed by atoms with van der Waals surface area (Å²) in [5, 5.41) is 8.17. The van der Waals surface area contributed by atoms with E-state index in [0.29, 0.717) is 6.04 Å². The highest BCUT2D eigenvalue weighted by Crippen LogP contribution is 2.33. The van der Waals surface area contributed by atoms with Gasteiger partial charge in [-0.15, -0.1) is 11.3 Å². The van der Waals surface area contributed by atoms with E-state index in [0.717, 1.165) is 26.2 Å². The van der Waals surface area contributed by atoms with E-state index >= 15 is 0 Å². The number of hydrogen-bond donors (Lipinski definition) is 1. The zero-order chi connectivity index (χ0) is 15.5. The summed E-state index contributed by atoms with van der Waals surface area (Å²) in [4.78, 5) is 8.27. The van der Waals surface area contributed by atoms with Crippen LogP contribution in [0.5, 0.6) is 0 Å². The predicted octanol–water partition coefficient (Wildman–Crippen LogP) is 3.68. The Bertz CT molecular complexity index is 761. The Kier molecular flexibility index (Phi) is 4.37. The predicted molar refractivity (Wildman–Crippen MR) is 97.0 cm³/mol. The average Bonchev–Trinajstić information content (AvgIpc) is 2.98. The Hall–Kier alpha value is -1.75. The molecule has 1 N–H and O–H groups in total. The Morgan fingerprint density at radius 2 is 2.09 bits per heavy atom. The molecule has 1 unspecified atom stereocenters. The van der Waals surface area contributed by atoms with Crippen molar-refractivity contribution in [1.82, 2.24) is 15.2 Å². The van der Waals surface area contributed by atoms with E-state index in [2.05, 4.69) is 57.0 Å². The molecule has 118 valence electrons. The fourth-order valence-corrected chi connectivity index (χ4v) is 4.28. The second-order valence-electron chi connectivity index (χ2n) is 6.04. The highest BCUT2D eigenvalue weighted by atomic mass is 32.1. The maximum Gasteiger partial charge on any atom is 0.0696 e. The summed E-state index contributed by atoms with van der Waals surface area (Å²) < 4.78 is 0. The number of benzene rings is 1. The van der Waals surface area contributed by atoms with Gasteiger partial charge in [-0.05, 0) is 47.5 Å². The fraction of sp³-hybridized carbons (Fsp3) is 0.316. The fourth-order valence-electron chi connectivity index (χ4n) is 3.40. The maximum absolute atomic E-state index is 4.22. The van der Waals surface area contributed by atoms with E-state index in [1.807, 2.05) is 23.7 Å². The van der Waals surface area contributed by atoms with Gasteiger partial charge in [-0.25, -0.2) is 0 Å². The summed E-state index contributed by atoms with van der Waals surface area (Å²) in [6.07, 6.45) is 5.02. The van der Waals surface area contributed by atoms with Crippen LogP contribution in [0.25, 0.3) is 10.8 Å². The zero-order valence-electron chi connectivity index (χ0n) is 13.1. The summed E-state index contributed by atoms with van der Waals surface area (Å²) >= 11 is 1.86. The molecule has 4 rings (SSSR count). The molecule has 1 saturated heterocycles. The minimum absolute atomic E-state index is 0.354. The molecule has 1 fully saturated rings. The molecule has 23 heavy (non-hydrogen) atoms. The van der Waals surface area contributed by atoms with Gasteiger partial charge in [0.1, 0.15) is 0 Å². The number of fused-ring (bicyclic) bond motifs is 1. The van der Waals surface area contributed by atoms with Crippen molar-refractivity contribution in [3.8, 4) is 0 Å². The van der Waals surface area contributed by atoms with Gasteiger partial charge in [0.15, 0.2) is 0 Å². The molecular formula is C19H21N3S. The SMILES string of the molecule is c1csc(C(c2ccc3cnccc3c2)N2CCCNCC2)c1. The molecular weight excluding hydrogens is 302 g/mol. The van der Waals surface area contributed by atoms with Crippen molar-refractivity contribution in [3.63, 3.8) is 0 Å². The maximum atomic E-state index is 4.22. The van der Waals surface area contributed by atoms with Gasteiger partial charge in [0, 0.05) is 42.3 Å². The molecule has 1 atom stereocenters. The minimum atomic E-state index is 0.354. The van der Waals surface area contributed by atoms with Crippen molar-refractivity contribution in [2.45, 2.75) is 12.5 Å². The number of nitrogens with zero attached hydrogens (tertiary/aromatic N) is 2. The Balaban J connectivity index is 1.76. The Morgan fingerprint density at radius 3 is 3.00 bits per heavy atom. The molecule has 4 heteroatoms. The van der Waals surface area contributed by atoms with Gasteiger partial charge < -0.3 is 5.32 Å². The van der Waals surface area contributed by atoms with Gasteiger partial charge in [0.2, 0.25) is 0 Å². The standard InChI is InChI=1S/C19H21N3S/c1-3-18(23-12-1)19(22-10-2-7-20-9-11-22)16-4-5-17-14-21-8-6-15(17)13-16/h1,3-6,8,12-14,19-20H,2,7,9-11H2. The summed E-state index contributed by atoms with van der Waals surface area (Å²) in [5.41, 5.74) is 1.38. The van der Waals surface area contributed by atoms with Crippen LogP contribution >= 0.6 is 11.3 Å². The average molecular weight is 323 g/mol. The molecule has 3 aromatic rings. The monoisotopic (exact) mass is 323 g/mol. The van der Waals surface area contributed by atoms with Crippen LogP contribution in [-0.2, 0) is 0 Å². The van der Waals surface area contributed by atoms with Crippen LogP contribution in [0.1, 0.15) is 22.9 Å². The van der Waals surface area contributed by atoms with Gasteiger partial charge in [0.25, 0.3) is 0 Å². The third-order valence-electron chi connectivity index (χ3n) is 4.53. The van der Waals surface area contributed by atoms with Crippen LogP contribution < -0.4 is 5.32 Å². The lowest BCUT2D eigenvalue weighted by Crippen LogP contribution is -2.32. The topological polar surface area (TPSA) is 28.2 Å². The molecule has 0 aliphatic carbocycles. The van der Waals surface area contributed by atoms with Gasteiger partial charge in [-0.3, -0.25) is 9.88 Å². The third kappa shape index (κ3) is 3.15. The zero-order valence-corrected chi connectivity index (χ0v) is 13.9. The summed E-state index contributed by atoms with van der Waals surface area (Å²) in [6.45, 7) is 4.43.